The molecule has 0 aliphatic rings. The van der Waals surface area contributed by atoms with Gasteiger partial charge in [0.05, 0.1) is 18.2 Å². The number of anilines is 1. The molecule has 4 nitrogen and oxygen atoms in total. The maximum Gasteiger partial charge on any atom is 0.0952 e. The molecule has 0 unspecified atom stereocenters. The molecular weight excluding hydrogens is 238 g/mol. The molecule has 0 aromatic carbocycles. The second-order valence-corrected chi connectivity index (χ2v) is 4.18. The van der Waals surface area contributed by atoms with Crippen LogP contribution < -0.4 is 5.32 Å². The summed E-state index contributed by atoms with van der Waals surface area (Å²) in [5.74, 6) is 0. The van der Waals surface area contributed by atoms with Crippen LogP contribution in [0.1, 0.15) is 5.56 Å². The summed E-state index contributed by atoms with van der Waals surface area (Å²) in [5.41, 5.74) is 4.26. The average Bonchev–Trinajstić information content (AvgIpc) is 3.00. The van der Waals surface area contributed by atoms with Gasteiger partial charge in [-0.1, -0.05) is 0 Å². The van der Waals surface area contributed by atoms with Crippen molar-refractivity contribution in [3.63, 3.8) is 0 Å². The van der Waals surface area contributed by atoms with Crippen LogP contribution in [0.4, 0.5) is 5.69 Å². The quantitative estimate of drug-likeness (QED) is 0.772. The number of hydrogen-bond acceptors (Lipinski definition) is 4. The fourth-order valence-corrected chi connectivity index (χ4v) is 1.84. The van der Waals surface area contributed by atoms with Crippen molar-refractivity contribution in [3.05, 3.63) is 67.1 Å². The first kappa shape index (κ1) is 11.5. The van der Waals surface area contributed by atoms with Gasteiger partial charge in [-0.05, 0) is 29.8 Å². The molecule has 3 aromatic rings. The minimum absolute atomic E-state index is 0.720. The van der Waals surface area contributed by atoms with Crippen molar-refractivity contribution >= 4 is 5.69 Å². The molecule has 0 saturated heterocycles. The Kier molecular flexibility index (Phi) is 3.23. The molecule has 94 valence electrons. The van der Waals surface area contributed by atoms with E-state index in [0.29, 0.717) is 0 Å². The van der Waals surface area contributed by atoms with Gasteiger partial charge >= 0.3 is 0 Å². The van der Waals surface area contributed by atoms with Crippen LogP contribution in [0.2, 0.25) is 0 Å². The van der Waals surface area contributed by atoms with Gasteiger partial charge in [0.15, 0.2) is 0 Å². The molecule has 0 atom stereocenters. The van der Waals surface area contributed by atoms with Crippen LogP contribution in [0.5, 0.6) is 0 Å². The molecule has 0 fully saturated rings. The summed E-state index contributed by atoms with van der Waals surface area (Å²) in [5, 5.41) is 3.32. The lowest BCUT2D eigenvalue weighted by Crippen LogP contribution is -1.98. The third kappa shape index (κ3) is 2.80. The second kappa shape index (κ2) is 5.35. The summed E-state index contributed by atoms with van der Waals surface area (Å²) in [6, 6.07) is 7.95. The number of furan rings is 1. The predicted octanol–water partition coefficient (Wildman–Crippen LogP) is 3.35. The van der Waals surface area contributed by atoms with E-state index >= 15 is 0 Å². The lowest BCUT2D eigenvalue weighted by atomic mass is 10.1. The average molecular weight is 251 g/mol. The van der Waals surface area contributed by atoms with E-state index in [2.05, 4.69) is 21.4 Å². The molecule has 0 saturated carbocycles. The minimum atomic E-state index is 0.720. The first-order valence-electron chi connectivity index (χ1n) is 6.02. The van der Waals surface area contributed by atoms with Crippen molar-refractivity contribution < 1.29 is 4.42 Å². The number of rotatable bonds is 4. The van der Waals surface area contributed by atoms with Crippen LogP contribution in [0.3, 0.4) is 0 Å². The van der Waals surface area contributed by atoms with E-state index in [-0.39, 0.29) is 0 Å². The van der Waals surface area contributed by atoms with Crippen LogP contribution in [0.25, 0.3) is 11.1 Å². The van der Waals surface area contributed by atoms with Gasteiger partial charge < -0.3 is 9.73 Å². The van der Waals surface area contributed by atoms with E-state index in [1.54, 1.807) is 24.9 Å². The van der Waals surface area contributed by atoms with E-state index < -0.39 is 0 Å². The molecule has 1 N–H and O–H groups in total. The van der Waals surface area contributed by atoms with E-state index in [1.807, 2.05) is 30.6 Å². The van der Waals surface area contributed by atoms with Gasteiger partial charge in [-0.15, -0.1) is 0 Å². The van der Waals surface area contributed by atoms with Crippen molar-refractivity contribution in [1.29, 1.82) is 0 Å². The highest BCUT2D eigenvalue weighted by Crippen LogP contribution is 2.20. The normalized spacial score (nSPS) is 10.3. The molecule has 0 aliphatic carbocycles. The van der Waals surface area contributed by atoms with Crippen LogP contribution in [0.15, 0.2) is 66.0 Å². The minimum Gasteiger partial charge on any atom is -0.472 e. The summed E-state index contributed by atoms with van der Waals surface area (Å²) in [4.78, 5) is 8.27. The van der Waals surface area contributed by atoms with Crippen molar-refractivity contribution in [2.24, 2.45) is 0 Å². The van der Waals surface area contributed by atoms with Gasteiger partial charge in [0.25, 0.3) is 0 Å². The Bertz CT molecular complexity index is 636. The largest absolute Gasteiger partial charge is 0.472 e. The van der Waals surface area contributed by atoms with Crippen molar-refractivity contribution in [3.8, 4) is 11.1 Å². The monoisotopic (exact) mass is 251 g/mol. The molecule has 3 heterocycles. The fourth-order valence-electron chi connectivity index (χ4n) is 1.84. The van der Waals surface area contributed by atoms with Gasteiger partial charge in [0.2, 0.25) is 0 Å². The fraction of sp³-hybridized carbons (Fsp3) is 0.0667. The highest BCUT2D eigenvalue weighted by atomic mass is 16.3. The molecule has 0 bridgehead atoms. The molecule has 0 spiro atoms. The zero-order chi connectivity index (χ0) is 12.9. The highest BCUT2D eigenvalue weighted by molar-refractivity contribution is 5.66. The summed E-state index contributed by atoms with van der Waals surface area (Å²) in [6.45, 7) is 0.720. The molecule has 4 heteroatoms. The highest BCUT2D eigenvalue weighted by Gasteiger charge is 2.00. The second-order valence-electron chi connectivity index (χ2n) is 4.18. The molecule has 0 amide bonds. The summed E-state index contributed by atoms with van der Waals surface area (Å²) >= 11 is 0. The van der Waals surface area contributed by atoms with Gasteiger partial charge in [-0.2, -0.15) is 0 Å². The van der Waals surface area contributed by atoms with E-state index in [1.165, 1.54) is 0 Å². The SMILES string of the molecule is c1cc(-c2cncc(NCc3ccoc3)c2)ccn1. The molecule has 0 aliphatic heterocycles. The zero-order valence-corrected chi connectivity index (χ0v) is 10.3. The van der Waals surface area contributed by atoms with Crippen molar-refractivity contribution in [2.75, 3.05) is 5.32 Å². The Labute approximate surface area is 111 Å². The topological polar surface area (TPSA) is 51.0 Å². The molecular formula is C15H13N3O. The molecule has 3 rings (SSSR count). The van der Waals surface area contributed by atoms with E-state index in [9.17, 15) is 0 Å². The number of nitrogens with zero attached hydrogens (tertiary/aromatic N) is 2. The van der Waals surface area contributed by atoms with Crippen LogP contribution in [-0.2, 0) is 6.54 Å². The first-order valence-corrected chi connectivity index (χ1v) is 6.02. The third-order valence-corrected chi connectivity index (χ3v) is 2.83. The van der Waals surface area contributed by atoms with Crippen LogP contribution in [-0.4, -0.2) is 9.97 Å². The Hall–Kier alpha value is -2.62. The lowest BCUT2D eigenvalue weighted by molar-refractivity contribution is 0.564. The van der Waals surface area contributed by atoms with Crippen LogP contribution in [0, 0.1) is 0 Å². The lowest BCUT2D eigenvalue weighted by Gasteiger charge is -2.06. The van der Waals surface area contributed by atoms with E-state index in [0.717, 1.165) is 28.9 Å². The summed E-state index contributed by atoms with van der Waals surface area (Å²) in [6.07, 6.45) is 10.6. The predicted molar refractivity (Wildman–Crippen MR) is 73.5 cm³/mol. The number of pyridine rings is 2. The summed E-state index contributed by atoms with van der Waals surface area (Å²) in [7, 11) is 0. The van der Waals surface area contributed by atoms with Crippen LogP contribution >= 0.6 is 0 Å². The van der Waals surface area contributed by atoms with E-state index in [4.69, 9.17) is 4.42 Å². The first-order chi connectivity index (χ1) is 9.42. The Balaban J connectivity index is 1.77. The molecule has 19 heavy (non-hydrogen) atoms. The van der Waals surface area contributed by atoms with Gasteiger partial charge in [-0.25, -0.2) is 0 Å². The van der Waals surface area contributed by atoms with Gasteiger partial charge in [0.1, 0.15) is 0 Å². The smallest absolute Gasteiger partial charge is 0.0952 e. The number of hydrogen-bond donors (Lipinski definition) is 1. The van der Waals surface area contributed by atoms with Gasteiger partial charge in [-0.3, -0.25) is 9.97 Å². The maximum absolute atomic E-state index is 5.03. The van der Waals surface area contributed by atoms with Gasteiger partial charge in [0, 0.05) is 42.5 Å². The van der Waals surface area contributed by atoms with Crippen molar-refractivity contribution in [2.45, 2.75) is 6.54 Å². The van der Waals surface area contributed by atoms with Crippen molar-refractivity contribution in [1.82, 2.24) is 9.97 Å². The Morgan fingerprint density at radius 2 is 1.89 bits per heavy atom. The Morgan fingerprint density at radius 3 is 2.68 bits per heavy atom. The number of nitrogens with one attached hydrogen (secondary N) is 1. The Morgan fingerprint density at radius 1 is 1.00 bits per heavy atom. The third-order valence-electron chi connectivity index (χ3n) is 2.83. The molecule has 3 aromatic heterocycles. The summed E-state index contributed by atoms with van der Waals surface area (Å²) < 4.78 is 5.03. The number of aromatic nitrogens is 2. The maximum atomic E-state index is 5.03. The zero-order valence-electron chi connectivity index (χ0n) is 10.3. The standard InChI is InChI=1S/C15H13N3O/c1-4-16-5-2-13(1)14-7-15(10-17-9-14)18-8-12-3-6-19-11-12/h1-7,9-11,18H,8H2. The molecule has 0 radical (unpaired) electrons.